The van der Waals surface area contributed by atoms with Crippen molar-refractivity contribution in [2.75, 3.05) is 25.4 Å². The molecule has 0 bridgehead atoms. The molecule has 2 amide bonds. The minimum absolute atomic E-state index is 0.0451. The molecule has 1 heterocycles. The fourth-order valence-electron chi connectivity index (χ4n) is 1.90. The van der Waals surface area contributed by atoms with Crippen molar-refractivity contribution in [3.63, 3.8) is 0 Å². The summed E-state index contributed by atoms with van der Waals surface area (Å²) in [5.74, 6) is -0.457. The molecule has 18 heavy (non-hydrogen) atoms. The van der Waals surface area contributed by atoms with Crippen molar-refractivity contribution in [2.45, 2.75) is 6.42 Å². The Morgan fingerprint density at radius 3 is 2.94 bits per heavy atom. The topological polar surface area (TPSA) is 75.4 Å². The molecular formula is C12H14ClN3O2. The van der Waals surface area contributed by atoms with Gasteiger partial charge in [-0.05, 0) is 18.6 Å². The molecule has 6 heteroatoms. The smallest absolute Gasteiger partial charge is 0.257 e. The van der Waals surface area contributed by atoms with Crippen LogP contribution in [0, 0.1) is 0 Å². The molecule has 2 rings (SSSR count). The Morgan fingerprint density at radius 2 is 2.22 bits per heavy atom. The van der Waals surface area contributed by atoms with Crippen molar-refractivity contribution in [1.82, 2.24) is 10.2 Å². The number of carbonyl (C=O) groups excluding carboxylic acids is 2. The lowest BCUT2D eigenvalue weighted by Gasteiger charge is -2.20. The van der Waals surface area contributed by atoms with Crippen LogP contribution in [0.15, 0.2) is 18.2 Å². The van der Waals surface area contributed by atoms with E-state index in [1.54, 1.807) is 18.2 Å². The Labute approximate surface area is 110 Å². The van der Waals surface area contributed by atoms with Crippen molar-refractivity contribution in [3.05, 3.63) is 28.8 Å². The molecule has 1 fully saturated rings. The summed E-state index contributed by atoms with van der Waals surface area (Å²) < 4.78 is 0. The minimum Gasteiger partial charge on any atom is -0.398 e. The summed E-state index contributed by atoms with van der Waals surface area (Å²) in [4.78, 5) is 25.2. The van der Waals surface area contributed by atoms with Gasteiger partial charge in [0, 0.05) is 18.8 Å². The monoisotopic (exact) mass is 267 g/mol. The second-order valence-corrected chi connectivity index (χ2v) is 4.54. The summed E-state index contributed by atoms with van der Waals surface area (Å²) in [6.45, 7) is 1.15. The van der Waals surface area contributed by atoms with Gasteiger partial charge in [-0.25, -0.2) is 0 Å². The number of hydrogen-bond acceptors (Lipinski definition) is 3. The summed E-state index contributed by atoms with van der Waals surface area (Å²) in [5.41, 5.74) is 6.37. The third kappa shape index (κ3) is 2.56. The molecule has 1 aliphatic rings. The van der Waals surface area contributed by atoms with E-state index in [-0.39, 0.29) is 23.9 Å². The first-order valence-corrected chi connectivity index (χ1v) is 6.07. The van der Waals surface area contributed by atoms with Crippen LogP contribution in [0.3, 0.4) is 0 Å². The summed E-state index contributed by atoms with van der Waals surface area (Å²) in [6, 6.07) is 4.92. The number of benzene rings is 1. The predicted molar refractivity (Wildman–Crippen MR) is 69.4 cm³/mol. The molecule has 96 valence electrons. The maximum absolute atomic E-state index is 12.3. The zero-order valence-corrected chi connectivity index (χ0v) is 10.5. The van der Waals surface area contributed by atoms with Crippen LogP contribution in [0.5, 0.6) is 0 Å². The Bertz CT molecular complexity index is 470. The summed E-state index contributed by atoms with van der Waals surface area (Å²) in [5, 5.41) is 3.02. The molecule has 5 nitrogen and oxygen atoms in total. The normalized spacial score (nSPS) is 16.1. The second kappa shape index (κ2) is 5.27. The fraction of sp³-hybridized carbons (Fsp3) is 0.333. The zero-order chi connectivity index (χ0) is 13.1. The number of nitrogens with zero attached hydrogens (tertiary/aromatic N) is 1. The predicted octanol–water partition coefficient (Wildman–Crippen LogP) is 0.884. The first-order valence-electron chi connectivity index (χ1n) is 5.69. The highest BCUT2D eigenvalue weighted by Crippen LogP contribution is 2.23. The van der Waals surface area contributed by atoms with E-state index in [2.05, 4.69) is 5.32 Å². The van der Waals surface area contributed by atoms with E-state index in [1.807, 2.05) is 0 Å². The van der Waals surface area contributed by atoms with Crippen molar-refractivity contribution < 1.29 is 9.59 Å². The molecule has 1 aromatic rings. The van der Waals surface area contributed by atoms with Crippen LogP contribution in [-0.2, 0) is 4.79 Å². The highest BCUT2D eigenvalue weighted by molar-refractivity contribution is 6.34. The molecule has 1 aromatic carbocycles. The lowest BCUT2D eigenvalue weighted by molar-refractivity contribution is -0.121. The van der Waals surface area contributed by atoms with Crippen molar-refractivity contribution >= 4 is 29.1 Å². The maximum atomic E-state index is 12.3. The maximum Gasteiger partial charge on any atom is 0.257 e. The molecule has 0 spiro atoms. The van der Waals surface area contributed by atoms with Gasteiger partial charge in [-0.1, -0.05) is 17.7 Å². The third-order valence-electron chi connectivity index (χ3n) is 2.81. The quantitative estimate of drug-likeness (QED) is 0.742. The van der Waals surface area contributed by atoms with Crippen LogP contribution >= 0.6 is 11.6 Å². The SMILES string of the molecule is Nc1cccc(Cl)c1C(=O)N1CCCNC(=O)C1. The van der Waals surface area contributed by atoms with E-state index in [0.717, 1.165) is 6.42 Å². The van der Waals surface area contributed by atoms with Crippen LogP contribution in [0.1, 0.15) is 16.8 Å². The number of amides is 2. The Morgan fingerprint density at radius 1 is 1.44 bits per heavy atom. The largest absolute Gasteiger partial charge is 0.398 e. The number of anilines is 1. The number of halogens is 1. The van der Waals surface area contributed by atoms with Gasteiger partial charge in [-0.3, -0.25) is 9.59 Å². The number of nitrogens with two attached hydrogens (primary N) is 1. The van der Waals surface area contributed by atoms with Crippen LogP contribution < -0.4 is 11.1 Å². The van der Waals surface area contributed by atoms with Crippen LogP contribution in [-0.4, -0.2) is 36.3 Å². The highest BCUT2D eigenvalue weighted by atomic mass is 35.5. The molecule has 3 N–H and O–H groups in total. The zero-order valence-electron chi connectivity index (χ0n) is 9.78. The van der Waals surface area contributed by atoms with Gasteiger partial charge in [0.05, 0.1) is 17.1 Å². The summed E-state index contributed by atoms with van der Waals surface area (Å²) in [7, 11) is 0. The summed E-state index contributed by atoms with van der Waals surface area (Å²) >= 11 is 5.99. The first kappa shape index (κ1) is 12.7. The molecule has 0 aliphatic carbocycles. The van der Waals surface area contributed by atoms with Gasteiger partial charge < -0.3 is 16.0 Å². The molecule has 0 aromatic heterocycles. The number of hydrogen-bond donors (Lipinski definition) is 2. The number of nitrogens with one attached hydrogen (secondary N) is 1. The molecule has 0 saturated carbocycles. The number of carbonyl (C=O) groups is 2. The molecule has 0 unspecified atom stereocenters. The molecular weight excluding hydrogens is 254 g/mol. The van der Waals surface area contributed by atoms with Crippen molar-refractivity contribution in [3.8, 4) is 0 Å². The van der Waals surface area contributed by atoms with E-state index < -0.39 is 0 Å². The Hall–Kier alpha value is -1.75. The van der Waals surface area contributed by atoms with Crippen LogP contribution in [0.2, 0.25) is 5.02 Å². The minimum atomic E-state index is -0.296. The van der Waals surface area contributed by atoms with E-state index >= 15 is 0 Å². The summed E-state index contributed by atoms with van der Waals surface area (Å²) in [6.07, 6.45) is 0.724. The van der Waals surface area contributed by atoms with Gasteiger partial charge in [0.2, 0.25) is 5.91 Å². The van der Waals surface area contributed by atoms with Crippen LogP contribution in [0.25, 0.3) is 0 Å². The van der Waals surface area contributed by atoms with E-state index in [9.17, 15) is 9.59 Å². The fourth-order valence-corrected chi connectivity index (χ4v) is 2.17. The van der Waals surface area contributed by atoms with E-state index in [0.29, 0.717) is 23.8 Å². The third-order valence-corrected chi connectivity index (χ3v) is 3.12. The van der Waals surface area contributed by atoms with Gasteiger partial charge in [0.15, 0.2) is 0 Å². The van der Waals surface area contributed by atoms with Crippen molar-refractivity contribution in [1.29, 1.82) is 0 Å². The average molecular weight is 268 g/mol. The van der Waals surface area contributed by atoms with Crippen LogP contribution in [0.4, 0.5) is 5.69 Å². The van der Waals surface area contributed by atoms with Gasteiger partial charge in [0.25, 0.3) is 5.91 Å². The Balaban J connectivity index is 2.27. The molecule has 0 atom stereocenters. The van der Waals surface area contributed by atoms with Crippen molar-refractivity contribution in [2.24, 2.45) is 0 Å². The van der Waals surface area contributed by atoms with E-state index in [1.165, 1.54) is 4.90 Å². The lowest BCUT2D eigenvalue weighted by atomic mass is 10.1. The van der Waals surface area contributed by atoms with Gasteiger partial charge in [0.1, 0.15) is 0 Å². The standard InChI is InChI=1S/C12H14ClN3O2/c13-8-3-1-4-9(14)11(8)12(18)16-6-2-5-15-10(17)7-16/h1,3-4H,2,5-7,14H2,(H,15,17). The molecule has 0 radical (unpaired) electrons. The van der Waals surface area contributed by atoms with E-state index in [4.69, 9.17) is 17.3 Å². The van der Waals surface area contributed by atoms with Gasteiger partial charge >= 0.3 is 0 Å². The second-order valence-electron chi connectivity index (χ2n) is 4.13. The highest BCUT2D eigenvalue weighted by Gasteiger charge is 2.24. The molecule has 1 aliphatic heterocycles. The molecule has 1 saturated heterocycles. The Kier molecular flexibility index (Phi) is 3.72. The van der Waals surface area contributed by atoms with Gasteiger partial charge in [-0.2, -0.15) is 0 Å². The van der Waals surface area contributed by atoms with Gasteiger partial charge in [-0.15, -0.1) is 0 Å². The number of rotatable bonds is 1. The lowest BCUT2D eigenvalue weighted by Crippen LogP contribution is -2.37. The number of nitrogen functional groups attached to an aromatic ring is 1. The average Bonchev–Trinajstić information content (AvgIpc) is 2.53. The first-order chi connectivity index (χ1) is 8.59.